The number of hydrazine groups is 1. The van der Waals surface area contributed by atoms with E-state index in [1.165, 1.54) is 6.92 Å². The molecule has 1 aromatic carbocycles. The van der Waals surface area contributed by atoms with Crippen molar-refractivity contribution in [2.45, 2.75) is 25.9 Å². The number of anilines is 1. The van der Waals surface area contributed by atoms with Gasteiger partial charge in [-0.2, -0.15) is 0 Å². The van der Waals surface area contributed by atoms with E-state index in [9.17, 15) is 9.59 Å². The van der Waals surface area contributed by atoms with Crippen LogP contribution in [0.4, 0.5) is 5.69 Å². The molecule has 6 heteroatoms. The highest BCUT2D eigenvalue weighted by atomic mass is 16.5. The van der Waals surface area contributed by atoms with Crippen LogP contribution in [-0.2, 0) is 14.3 Å². The number of aliphatic hydroxyl groups excluding tert-OH is 1. The molecule has 0 aromatic heterocycles. The maximum absolute atomic E-state index is 11.4. The number of carbonyl (C=O) groups excluding carboxylic acids is 2. The number of hydrogen-bond acceptors (Lipinski definition) is 5. The van der Waals surface area contributed by atoms with E-state index < -0.39 is 12.1 Å². The minimum atomic E-state index is -0.697. The maximum Gasteiger partial charge on any atom is 0.306 e. The lowest BCUT2D eigenvalue weighted by Crippen LogP contribution is -2.29. The Kier molecular flexibility index (Phi) is 6.38. The first kappa shape index (κ1) is 15.0. The summed E-state index contributed by atoms with van der Waals surface area (Å²) in [4.78, 5) is 22.6. The third-order valence-electron chi connectivity index (χ3n) is 2.16. The Labute approximate surface area is 111 Å². The van der Waals surface area contributed by atoms with E-state index in [0.717, 1.165) is 5.69 Å². The highest BCUT2D eigenvalue weighted by Crippen LogP contribution is 2.03. The minimum absolute atomic E-state index is 0.0188. The fourth-order valence-electron chi connectivity index (χ4n) is 1.23. The van der Waals surface area contributed by atoms with Crippen molar-refractivity contribution in [3.05, 3.63) is 30.3 Å². The first-order valence-corrected chi connectivity index (χ1v) is 6.01. The smallest absolute Gasteiger partial charge is 0.306 e. The number of para-hydroxylation sites is 1. The van der Waals surface area contributed by atoms with Gasteiger partial charge < -0.3 is 9.84 Å². The molecule has 0 aliphatic heterocycles. The van der Waals surface area contributed by atoms with Gasteiger partial charge in [-0.1, -0.05) is 18.2 Å². The topological polar surface area (TPSA) is 87.7 Å². The quantitative estimate of drug-likeness (QED) is 0.502. The first-order chi connectivity index (χ1) is 9.08. The molecule has 104 valence electrons. The number of nitrogens with one attached hydrogen (secondary N) is 2. The van der Waals surface area contributed by atoms with Crippen LogP contribution in [0.3, 0.4) is 0 Å². The average Bonchev–Trinajstić information content (AvgIpc) is 2.41. The Hall–Kier alpha value is -2.08. The zero-order chi connectivity index (χ0) is 14.1. The lowest BCUT2D eigenvalue weighted by atomic mass is 10.3. The van der Waals surface area contributed by atoms with Crippen molar-refractivity contribution in [2.24, 2.45) is 0 Å². The van der Waals surface area contributed by atoms with Crippen LogP contribution in [-0.4, -0.2) is 29.7 Å². The summed E-state index contributed by atoms with van der Waals surface area (Å²) >= 11 is 0. The molecule has 19 heavy (non-hydrogen) atoms. The Bertz CT molecular complexity index is 406. The maximum atomic E-state index is 11.4. The third-order valence-corrected chi connectivity index (χ3v) is 2.16. The second-order valence-corrected chi connectivity index (χ2v) is 4.07. The van der Waals surface area contributed by atoms with Crippen molar-refractivity contribution in [1.29, 1.82) is 0 Å². The normalized spacial score (nSPS) is 11.5. The monoisotopic (exact) mass is 266 g/mol. The van der Waals surface area contributed by atoms with Crippen LogP contribution in [0, 0.1) is 0 Å². The van der Waals surface area contributed by atoms with Gasteiger partial charge in [-0.3, -0.25) is 20.4 Å². The van der Waals surface area contributed by atoms with Crippen molar-refractivity contribution >= 4 is 17.6 Å². The molecule has 1 atom stereocenters. The van der Waals surface area contributed by atoms with Crippen molar-refractivity contribution in [3.8, 4) is 0 Å². The summed E-state index contributed by atoms with van der Waals surface area (Å²) in [6, 6.07) is 9.14. The molecule has 1 unspecified atom stereocenters. The number of carbonyl (C=O) groups is 2. The van der Waals surface area contributed by atoms with Crippen LogP contribution in [0.1, 0.15) is 19.8 Å². The zero-order valence-electron chi connectivity index (χ0n) is 10.8. The van der Waals surface area contributed by atoms with Gasteiger partial charge in [-0.25, -0.2) is 0 Å². The van der Waals surface area contributed by atoms with Crippen molar-refractivity contribution in [1.82, 2.24) is 5.43 Å². The molecule has 0 aliphatic rings. The number of benzene rings is 1. The molecule has 0 saturated carbocycles. The van der Waals surface area contributed by atoms with Crippen molar-refractivity contribution < 1.29 is 19.4 Å². The molecule has 0 fully saturated rings. The Morgan fingerprint density at radius 3 is 2.58 bits per heavy atom. The number of aliphatic hydroxyl groups is 1. The van der Waals surface area contributed by atoms with Gasteiger partial charge in [0.15, 0.2) is 0 Å². The first-order valence-electron chi connectivity index (χ1n) is 6.01. The standard InChI is InChI=1S/C13H18N2O4/c1-10(16)9-19-13(18)8-7-12(17)15-14-11-5-3-2-4-6-11/h2-6,10,14,16H,7-9H2,1H3,(H,15,17). The predicted molar refractivity (Wildman–Crippen MR) is 70.1 cm³/mol. The minimum Gasteiger partial charge on any atom is -0.463 e. The fourth-order valence-corrected chi connectivity index (χ4v) is 1.23. The van der Waals surface area contributed by atoms with Gasteiger partial charge in [-0.15, -0.1) is 0 Å². The van der Waals surface area contributed by atoms with E-state index in [0.29, 0.717) is 0 Å². The largest absolute Gasteiger partial charge is 0.463 e. The number of ether oxygens (including phenoxy) is 1. The molecular weight excluding hydrogens is 248 g/mol. The van der Waals surface area contributed by atoms with Gasteiger partial charge >= 0.3 is 5.97 Å². The number of rotatable bonds is 7. The summed E-state index contributed by atoms with van der Waals surface area (Å²) in [6.07, 6.45) is -0.689. The molecule has 6 nitrogen and oxygen atoms in total. The van der Waals surface area contributed by atoms with Crippen molar-refractivity contribution in [3.63, 3.8) is 0 Å². The van der Waals surface area contributed by atoms with Gasteiger partial charge in [0.1, 0.15) is 6.61 Å². The molecule has 0 heterocycles. The summed E-state index contributed by atoms with van der Waals surface area (Å²) in [5.41, 5.74) is 5.96. The van der Waals surface area contributed by atoms with Crippen LogP contribution in [0.5, 0.6) is 0 Å². The summed E-state index contributed by atoms with van der Waals surface area (Å²) in [6.45, 7) is 1.46. The molecule has 3 N–H and O–H groups in total. The third kappa shape index (κ3) is 7.05. The fraction of sp³-hybridized carbons (Fsp3) is 0.385. The molecule has 0 bridgehead atoms. The number of esters is 1. The summed E-state index contributed by atoms with van der Waals surface area (Å²) in [5, 5.41) is 8.92. The summed E-state index contributed by atoms with van der Waals surface area (Å²) < 4.78 is 4.73. The summed E-state index contributed by atoms with van der Waals surface area (Å²) in [7, 11) is 0. The van der Waals surface area contributed by atoms with E-state index in [2.05, 4.69) is 10.9 Å². The highest BCUT2D eigenvalue weighted by molar-refractivity contribution is 5.82. The molecule has 0 radical (unpaired) electrons. The van der Waals surface area contributed by atoms with Crippen LogP contribution in [0.2, 0.25) is 0 Å². The van der Waals surface area contributed by atoms with Crippen molar-refractivity contribution in [2.75, 3.05) is 12.0 Å². The van der Waals surface area contributed by atoms with Crippen LogP contribution in [0.25, 0.3) is 0 Å². The van der Waals surface area contributed by atoms with E-state index in [1.807, 2.05) is 18.2 Å². The number of hydrogen-bond donors (Lipinski definition) is 3. The predicted octanol–water partition coefficient (Wildman–Crippen LogP) is 0.834. The lowest BCUT2D eigenvalue weighted by molar-refractivity contribution is -0.147. The lowest BCUT2D eigenvalue weighted by Gasteiger charge is -2.08. The van der Waals surface area contributed by atoms with Gasteiger partial charge in [0.05, 0.1) is 18.2 Å². The van der Waals surface area contributed by atoms with E-state index in [1.54, 1.807) is 12.1 Å². The second kappa shape index (κ2) is 8.10. The Morgan fingerprint density at radius 2 is 1.95 bits per heavy atom. The molecular formula is C13H18N2O4. The SMILES string of the molecule is CC(O)COC(=O)CCC(=O)NNc1ccccc1. The highest BCUT2D eigenvalue weighted by Gasteiger charge is 2.08. The van der Waals surface area contributed by atoms with Gasteiger partial charge in [0.25, 0.3) is 0 Å². The number of amides is 1. The van der Waals surface area contributed by atoms with Gasteiger partial charge in [0, 0.05) is 6.42 Å². The molecule has 1 amide bonds. The van der Waals surface area contributed by atoms with Crippen LogP contribution >= 0.6 is 0 Å². The Balaban J connectivity index is 2.16. The molecule has 1 rings (SSSR count). The average molecular weight is 266 g/mol. The summed E-state index contributed by atoms with van der Waals surface area (Å²) in [5.74, 6) is -0.811. The molecule has 1 aromatic rings. The van der Waals surface area contributed by atoms with Gasteiger partial charge in [-0.05, 0) is 19.1 Å². The molecule has 0 saturated heterocycles. The Morgan fingerprint density at radius 1 is 1.26 bits per heavy atom. The van der Waals surface area contributed by atoms with E-state index in [4.69, 9.17) is 9.84 Å². The second-order valence-electron chi connectivity index (χ2n) is 4.07. The zero-order valence-corrected chi connectivity index (χ0v) is 10.8. The molecule has 0 aliphatic carbocycles. The van der Waals surface area contributed by atoms with Crippen LogP contribution < -0.4 is 10.9 Å². The van der Waals surface area contributed by atoms with E-state index >= 15 is 0 Å². The van der Waals surface area contributed by atoms with E-state index in [-0.39, 0.29) is 25.4 Å². The van der Waals surface area contributed by atoms with Gasteiger partial charge in [0.2, 0.25) is 5.91 Å². The van der Waals surface area contributed by atoms with Crippen LogP contribution in [0.15, 0.2) is 30.3 Å². The molecule has 0 spiro atoms.